The van der Waals surface area contributed by atoms with Crippen LogP contribution in [0.5, 0.6) is 0 Å². The number of hydrogen-bond donors (Lipinski definition) is 1. The van der Waals surface area contributed by atoms with Crippen molar-refractivity contribution >= 4 is 23.2 Å². The van der Waals surface area contributed by atoms with Crippen LogP contribution >= 0.6 is 0 Å². The molecule has 2 aromatic rings. The quantitative estimate of drug-likeness (QED) is 0.794. The zero-order valence-corrected chi connectivity index (χ0v) is 12.2. The third kappa shape index (κ3) is 1.97. The first kappa shape index (κ1) is 13.0. The Labute approximate surface area is 126 Å². The first-order valence-electron chi connectivity index (χ1n) is 7.22. The van der Waals surface area contributed by atoms with Gasteiger partial charge in [-0.3, -0.25) is 0 Å². The molecule has 1 aliphatic carbocycles. The number of allylic oxidation sites excluding steroid dienone is 4. The number of aryl methyl sites for hydroxylation is 1. The fourth-order valence-electron chi connectivity index (χ4n) is 2.99. The summed E-state index contributed by atoms with van der Waals surface area (Å²) in [6, 6.07) is 2.04. The SMILES string of the molecule is Cn1cnc(=C2C=CC(F)=CC2)c1=C1CC=Nc2[nH]ccc21. The molecule has 0 unspecified atom stereocenters. The molecule has 4 rings (SSSR count). The molecule has 0 atom stereocenters. The van der Waals surface area contributed by atoms with Crippen LogP contribution in [0.25, 0.3) is 11.1 Å². The standard InChI is InChI=1S/C17H15FN4/c1-22-10-21-15(11-2-4-12(18)5-3-11)16(22)13-6-8-19-17-14(13)7-9-20-17/h2,4-5,7-10,20H,3,6H2,1H3. The predicted octanol–water partition coefficient (Wildman–Crippen LogP) is 2.02. The second-order valence-corrected chi connectivity index (χ2v) is 5.44. The Bertz CT molecular complexity index is 953. The maximum Gasteiger partial charge on any atom is 0.137 e. The van der Waals surface area contributed by atoms with Crippen LogP contribution in [0.4, 0.5) is 10.2 Å². The van der Waals surface area contributed by atoms with Crippen LogP contribution in [0.3, 0.4) is 0 Å². The summed E-state index contributed by atoms with van der Waals surface area (Å²) in [4.78, 5) is 12.1. The minimum atomic E-state index is -0.188. The monoisotopic (exact) mass is 294 g/mol. The van der Waals surface area contributed by atoms with Crippen LogP contribution in [0, 0.1) is 0 Å². The van der Waals surface area contributed by atoms with Crippen molar-refractivity contribution in [1.29, 1.82) is 0 Å². The van der Waals surface area contributed by atoms with E-state index in [1.165, 1.54) is 11.6 Å². The van der Waals surface area contributed by atoms with Gasteiger partial charge in [0.25, 0.3) is 0 Å². The van der Waals surface area contributed by atoms with E-state index in [0.29, 0.717) is 6.42 Å². The number of halogens is 1. The Hall–Kier alpha value is -2.69. The fourth-order valence-corrected chi connectivity index (χ4v) is 2.99. The van der Waals surface area contributed by atoms with Gasteiger partial charge in [0, 0.05) is 31.4 Å². The molecule has 2 aromatic heterocycles. The van der Waals surface area contributed by atoms with Gasteiger partial charge in [0.05, 0.1) is 17.0 Å². The van der Waals surface area contributed by atoms with Crippen LogP contribution in [0.1, 0.15) is 18.4 Å². The highest BCUT2D eigenvalue weighted by atomic mass is 19.1. The minimum absolute atomic E-state index is 0.188. The third-order valence-corrected chi connectivity index (χ3v) is 4.05. The number of imidazole rings is 1. The molecule has 2 aliphatic rings. The Balaban J connectivity index is 2.05. The zero-order chi connectivity index (χ0) is 15.1. The second kappa shape index (κ2) is 4.94. The number of nitrogens with one attached hydrogen (secondary N) is 1. The van der Waals surface area contributed by atoms with E-state index in [4.69, 9.17) is 0 Å². The maximum atomic E-state index is 13.2. The van der Waals surface area contributed by atoms with Crippen LogP contribution in [0.2, 0.25) is 0 Å². The number of fused-ring (bicyclic) bond motifs is 1. The van der Waals surface area contributed by atoms with Gasteiger partial charge in [-0.05, 0) is 35.8 Å². The molecule has 0 radical (unpaired) electrons. The molecule has 0 saturated carbocycles. The van der Waals surface area contributed by atoms with E-state index in [9.17, 15) is 4.39 Å². The van der Waals surface area contributed by atoms with Crippen molar-refractivity contribution in [2.75, 3.05) is 0 Å². The molecule has 22 heavy (non-hydrogen) atoms. The lowest BCUT2D eigenvalue weighted by atomic mass is 10.0. The van der Waals surface area contributed by atoms with E-state index < -0.39 is 0 Å². The number of rotatable bonds is 0. The lowest BCUT2D eigenvalue weighted by molar-refractivity contribution is 0.661. The van der Waals surface area contributed by atoms with Crippen molar-refractivity contribution in [2.24, 2.45) is 12.0 Å². The highest BCUT2D eigenvalue weighted by molar-refractivity contribution is 5.88. The van der Waals surface area contributed by atoms with Gasteiger partial charge >= 0.3 is 0 Å². The van der Waals surface area contributed by atoms with Crippen LogP contribution < -0.4 is 10.7 Å². The van der Waals surface area contributed by atoms with Gasteiger partial charge in [-0.25, -0.2) is 14.4 Å². The zero-order valence-electron chi connectivity index (χ0n) is 12.2. The Kier molecular flexibility index (Phi) is 2.92. The topological polar surface area (TPSA) is 46.0 Å². The predicted molar refractivity (Wildman–Crippen MR) is 84.9 cm³/mol. The van der Waals surface area contributed by atoms with E-state index in [1.807, 2.05) is 42.5 Å². The van der Waals surface area contributed by atoms with Crippen molar-refractivity contribution in [2.45, 2.75) is 12.8 Å². The van der Waals surface area contributed by atoms with Crippen molar-refractivity contribution < 1.29 is 4.39 Å². The van der Waals surface area contributed by atoms with E-state index in [-0.39, 0.29) is 5.83 Å². The molecule has 1 aliphatic heterocycles. The first-order valence-corrected chi connectivity index (χ1v) is 7.22. The summed E-state index contributed by atoms with van der Waals surface area (Å²) in [5, 5.41) is 1.99. The van der Waals surface area contributed by atoms with Gasteiger partial charge in [-0.2, -0.15) is 0 Å². The Morgan fingerprint density at radius 3 is 3.00 bits per heavy atom. The average Bonchev–Trinajstić information content (AvgIpc) is 3.14. The normalized spacial score (nSPS) is 21.8. The van der Waals surface area contributed by atoms with Gasteiger partial charge < -0.3 is 9.55 Å². The molecule has 0 bridgehead atoms. The second-order valence-electron chi connectivity index (χ2n) is 5.44. The first-order chi connectivity index (χ1) is 10.7. The van der Waals surface area contributed by atoms with Crippen molar-refractivity contribution in [3.8, 4) is 0 Å². The van der Waals surface area contributed by atoms with E-state index in [0.717, 1.165) is 34.1 Å². The number of nitrogens with zero attached hydrogens (tertiary/aromatic N) is 3. The Morgan fingerprint density at radius 1 is 1.27 bits per heavy atom. The number of aromatic amines is 1. The smallest absolute Gasteiger partial charge is 0.137 e. The minimum Gasteiger partial charge on any atom is -0.346 e. The lowest BCUT2D eigenvalue weighted by Gasteiger charge is -2.10. The molecule has 0 spiro atoms. The van der Waals surface area contributed by atoms with Gasteiger partial charge in [-0.1, -0.05) is 6.08 Å². The molecular weight excluding hydrogens is 279 g/mol. The largest absolute Gasteiger partial charge is 0.346 e. The highest BCUT2D eigenvalue weighted by Crippen LogP contribution is 2.28. The maximum absolute atomic E-state index is 13.2. The van der Waals surface area contributed by atoms with Gasteiger partial charge in [0.2, 0.25) is 0 Å². The van der Waals surface area contributed by atoms with E-state index in [1.54, 1.807) is 6.08 Å². The third-order valence-electron chi connectivity index (χ3n) is 4.05. The summed E-state index contributed by atoms with van der Waals surface area (Å²) in [5.41, 5.74) is 3.33. The summed E-state index contributed by atoms with van der Waals surface area (Å²) in [5.74, 6) is 0.690. The van der Waals surface area contributed by atoms with Gasteiger partial charge in [0.1, 0.15) is 11.6 Å². The number of aromatic nitrogens is 3. The molecule has 0 fully saturated rings. The molecule has 4 nitrogen and oxygen atoms in total. The molecule has 0 amide bonds. The lowest BCUT2D eigenvalue weighted by Crippen LogP contribution is -2.34. The van der Waals surface area contributed by atoms with Gasteiger partial charge in [0.15, 0.2) is 0 Å². The fraction of sp³-hybridized carbons (Fsp3) is 0.176. The molecular formula is C17H15FN4. The van der Waals surface area contributed by atoms with Crippen LogP contribution in [-0.4, -0.2) is 20.7 Å². The number of H-pyrrole nitrogens is 1. The number of aliphatic imine (C=N–C) groups is 1. The summed E-state index contributed by atoms with van der Waals surface area (Å²) in [6.07, 6.45) is 11.8. The van der Waals surface area contributed by atoms with E-state index >= 15 is 0 Å². The summed E-state index contributed by atoms with van der Waals surface area (Å²) < 4.78 is 15.2. The summed E-state index contributed by atoms with van der Waals surface area (Å²) in [7, 11) is 1.99. The van der Waals surface area contributed by atoms with Crippen molar-refractivity contribution in [1.82, 2.24) is 14.5 Å². The van der Waals surface area contributed by atoms with E-state index in [2.05, 4.69) is 15.0 Å². The van der Waals surface area contributed by atoms with Crippen molar-refractivity contribution in [3.63, 3.8) is 0 Å². The molecule has 110 valence electrons. The molecule has 0 aromatic carbocycles. The number of hydrogen-bond acceptors (Lipinski definition) is 2. The average molecular weight is 294 g/mol. The molecule has 1 N–H and O–H groups in total. The van der Waals surface area contributed by atoms with Gasteiger partial charge in [-0.15, -0.1) is 0 Å². The van der Waals surface area contributed by atoms with Crippen molar-refractivity contribution in [3.05, 3.63) is 58.9 Å². The molecule has 0 saturated heterocycles. The Morgan fingerprint density at radius 2 is 2.18 bits per heavy atom. The summed E-state index contributed by atoms with van der Waals surface area (Å²) in [6.45, 7) is 0. The van der Waals surface area contributed by atoms with Crippen LogP contribution in [0.15, 0.2) is 47.6 Å². The van der Waals surface area contributed by atoms with Crippen LogP contribution in [-0.2, 0) is 7.05 Å². The summed E-state index contributed by atoms with van der Waals surface area (Å²) >= 11 is 0. The molecule has 5 heteroatoms. The highest BCUT2D eigenvalue weighted by Gasteiger charge is 2.16. The molecule has 3 heterocycles.